The van der Waals surface area contributed by atoms with E-state index in [0.29, 0.717) is 12.1 Å². The predicted molar refractivity (Wildman–Crippen MR) is 132 cm³/mol. The minimum Gasteiger partial charge on any atom is -0.295 e. The molecular formula is C28H31ClN2O. The largest absolute Gasteiger partial charge is 0.295 e. The third kappa shape index (κ3) is 5.12. The van der Waals surface area contributed by atoms with Crippen molar-refractivity contribution in [2.75, 3.05) is 13.1 Å². The molecule has 0 N–H and O–H groups in total. The minimum absolute atomic E-state index is 0.102. The number of rotatable bonds is 6. The number of hydrogen-bond acceptors (Lipinski definition) is 3. The number of carbonyl (C=O) groups is 1. The Hall–Kier alpha value is -2.46. The summed E-state index contributed by atoms with van der Waals surface area (Å²) in [7, 11) is 0. The van der Waals surface area contributed by atoms with Crippen molar-refractivity contribution in [1.82, 2.24) is 9.80 Å². The lowest BCUT2D eigenvalue weighted by atomic mass is 9.92. The molecule has 3 aromatic carbocycles. The number of piperazine rings is 1. The highest BCUT2D eigenvalue weighted by Gasteiger charge is 2.34. The molecule has 0 bridgehead atoms. The Kier molecular flexibility index (Phi) is 7.10. The fourth-order valence-electron chi connectivity index (χ4n) is 4.74. The summed E-state index contributed by atoms with van der Waals surface area (Å²) in [5.74, 6) is 0.102. The van der Waals surface area contributed by atoms with E-state index in [-0.39, 0.29) is 11.8 Å². The van der Waals surface area contributed by atoms with Crippen molar-refractivity contribution in [3.05, 3.63) is 106 Å². The van der Waals surface area contributed by atoms with E-state index in [9.17, 15) is 4.79 Å². The summed E-state index contributed by atoms with van der Waals surface area (Å²) in [6.07, 6.45) is 0. The van der Waals surface area contributed by atoms with Gasteiger partial charge < -0.3 is 0 Å². The fourth-order valence-corrected chi connectivity index (χ4v) is 4.87. The molecular weight excluding hydrogens is 416 g/mol. The van der Waals surface area contributed by atoms with Crippen LogP contribution in [0.15, 0.2) is 78.9 Å². The van der Waals surface area contributed by atoms with Crippen LogP contribution in [0.2, 0.25) is 5.02 Å². The van der Waals surface area contributed by atoms with Gasteiger partial charge >= 0.3 is 0 Å². The molecule has 0 radical (unpaired) electrons. The van der Waals surface area contributed by atoms with Crippen molar-refractivity contribution in [3.8, 4) is 0 Å². The summed E-state index contributed by atoms with van der Waals surface area (Å²) in [5, 5.41) is 0.779. The third-order valence-electron chi connectivity index (χ3n) is 6.54. The zero-order valence-corrected chi connectivity index (χ0v) is 19.8. The van der Waals surface area contributed by atoms with Gasteiger partial charge in [-0.15, -0.1) is 0 Å². The predicted octanol–water partition coefficient (Wildman–Crippen LogP) is 6.23. The van der Waals surface area contributed by atoms with Gasteiger partial charge in [-0.1, -0.05) is 78.3 Å². The molecule has 3 nitrogen and oxygen atoms in total. The average Bonchev–Trinajstić information content (AvgIpc) is 2.80. The highest BCUT2D eigenvalue weighted by Crippen LogP contribution is 2.33. The molecule has 0 aliphatic carbocycles. The lowest BCUT2D eigenvalue weighted by molar-refractivity contribution is 0.0195. The molecule has 0 saturated carbocycles. The Morgan fingerprint density at radius 3 is 2.12 bits per heavy atom. The van der Waals surface area contributed by atoms with E-state index in [0.717, 1.165) is 30.2 Å². The van der Waals surface area contributed by atoms with Gasteiger partial charge in [-0.2, -0.15) is 0 Å². The zero-order chi connectivity index (χ0) is 22.7. The van der Waals surface area contributed by atoms with Crippen molar-refractivity contribution < 1.29 is 4.79 Å². The van der Waals surface area contributed by atoms with E-state index >= 15 is 0 Å². The van der Waals surface area contributed by atoms with Crippen LogP contribution in [0.3, 0.4) is 0 Å². The Bertz CT molecular complexity index is 1030. The number of benzene rings is 3. The molecule has 1 saturated heterocycles. The maximum atomic E-state index is 11.8. The summed E-state index contributed by atoms with van der Waals surface area (Å²) >= 11 is 6.06. The summed E-state index contributed by atoms with van der Waals surface area (Å²) in [6.45, 7) is 9.16. The normalized spacial score (nSPS) is 20.8. The van der Waals surface area contributed by atoms with Crippen molar-refractivity contribution in [2.24, 2.45) is 0 Å². The molecule has 1 aliphatic rings. The number of hydrogen-bond donors (Lipinski definition) is 0. The van der Waals surface area contributed by atoms with Gasteiger partial charge in [0, 0.05) is 42.3 Å². The molecule has 4 rings (SSSR count). The quantitative estimate of drug-likeness (QED) is 0.419. The van der Waals surface area contributed by atoms with E-state index in [4.69, 9.17) is 11.6 Å². The van der Waals surface area contributed by atoms with Crippen LogP contribution in [-0.4, -0.2) is 40.8 Å². The Labute approximate surface area is 196 Å². The molecule has 166 valence electrons. The van der Waals surface area contributed by atoms with Crippen LogP contribution >= 0.6 is 11.6 Å². The second-order valence-corrected chi connectivity index (χ2v) is 9.38. The molecule has 32 heavy (non-hydrogen) atoms. The first-order valence-electron chi connectivity index (χ1n) is 11.3. The van der Waals surface area contributed by atoms with E-state index < -0.39 is 0 Å². The third-order valence-corrected chi connectivity index (χ3v) is 6.79. The van der Waals surface area contributed by atoms with E-state index in [1.54, 1.807) is 6.92 Å². The maximum Gasteiger partial charge on any atom is 0.159 e. The molecule has 1 fully saturated rings. The number of ketones is 1. The van der Waals surface area contributed by atoms with Crippen LogP contribution in [0, 0.1) is 0 Å². The first-order valence-corrected chi connectivity index (χ1v) is 11.7. The SMILES string of the molecule is CC(=O)c1ccc(C(c2ccccc2)N2CC(C)N(Cc3ccc(Cl)cc3)CC2C)cc1. The van der Waals surface area contributed by atoms with Gasteiger partial charge in [-0.05, 0) is 49.6 Å². The topological polar surface area (TPSA) is 23.6 Å². The van der Waals surface area contributed by atoms with Crippen LogP contribution in [0.25, 0.3) is 0 Å². The molecule has 3 atom stereocenters. The molecule has 4 heteroatoms. The molecule has 3 aromatic rings. The minimum atomic E-state index is 0.102. The van der Waals surface area contributed by atoms with Crippen molar-refractivity contribution in [3.63, 3.8) is 0 Å². The summed E-state index contributed by atoms with van der Waals surface area (Å²) in [5.41, 5.74) is 4.57. The molecule has 3 unspecified atom stereocenters. The molecule has 1 aliphatic heterocycles. The highest BCUT2D eigenvalue weighted by molar-refractivity contribution is 6.30. The van der Waals surface area contributed by atoms with Crippen molar-refractivity contribution in [1.29, 1.82) is 0 Å². The smallest absolute Gasteiger partial charge is 0.159 e. The second-order valence-electron chi connectivity index (χ2n) is 8.94. The number of Topliss-reactive ketones (excluding diaryl/α,β-unsaturated/α-hetero) is 1. The summed E-state index contributed by atoms with van der Waals surface area (Å²) in [6, 6.07) is 28.0. The van der Waals surface area contributed by atoms with Crippen LogP contribution in [0.4, 0.5) is 0 Å². The van der Waals surface area contributed by atoms with Crippen molar-refractivity contribution >= 4 is 17.4 Å². The molecule has 0 aromatic heterocycles. The first kappa shape index (κ1) is 22.7. The Morgan fingerprint density at radius 1 is 0.875 bits per heavy atom. The van der Waals surface area contributed by atoms with Crippen LogP contribution < -0.4 is 0 Å². The van der Waals surface area contributed by atoms with E-state index in [1.165, 1.54) is 16.7 Å². The molecule has 0 amide bonds. The van der Waals surface area contributed by atoms with Crippen LogP contribution in [0.1, 0.15) is 53.9 Å². The number of carbonyl (C=O) groups excluding carboxylic acids is 1. The summed E-state index contributed by atoms with van der Waals surface area (Å²) < 4.78 is 0. The number of nitrogens with zero attached hydrogens (tertiary/aromatic N) is 2. The highest BCUT2D eigenvalue weighted by atomic mass is 35.5. The standard InChI is InChI=1S/C28H31ClN2O/c1-20-18-31(21(2)17-30(20)19-23-9-15-27(29)16-10-23)28(25-7-5-4-6-8-25)26-13-11-24(12-14-26)22(3)32/h4-16,20-21,28H,17-19H2,1-3H3. The van der Waals surface area contributed by atoms with Crippen molar-refractivity contribution in [2.45, 2.75) is 45.4 Å². The first-order chi connectivity index (χ1) is 15.4. The molecule has 1 heterocycles. The van der Waals surface area contributed by atoms with Gasteiger partial charge in [0.15, 0.2) is 5.78 Å². The monoisotopic (exact) mass is 446 g/mol. The molecule has 0 spiro atoms. The Morgan fingerprint density at radius 2 is 1.50 bits per heavy atom. The van der Waals surface area contributed by atoms with Gasteiger partial charge in [-0.3, -0.25) is 14.6 Å². The van der Waals surface area contributed by atoms with Gasteiger partial charge in [0.1, 0.15) is 0 Å². The van der Waals surface area contributed by atoms with Gasteiger partial charge in [0.25, 0.3) is 0 Å². The Balaban J connectivity index is 1.59. The van der Waals surface area contributed by atoms with Crippen LogP contribution in [-0.2, 0) is 6.54 Å². The lowest BCUT2D eigenvalue weighted by Crippen LogP contribution is -2.56. The fraction of sp³-hybridized carbons (Fsp3) is 0.321. The number of halogens is 1. The van der Waals surface area contributed by atoms with Gasteiger partial charge in [0.2, 0.25) is 0 Å². The van der Waals surface area contributed by atoms with Gasteiger partial charge in [-0.25, -0.2) is 0 Å². The lowest BCUT2D eigenvalue weighted by Gasteiger charge is -2.47. The maximum absolute atomic E-state index is 11.8. The van der Waals surface area contributed by atoms with E-state index in [2.05, 4.69) is 78.2 Å². The average molecular weight is 447 g/mol. The van der Waals surface area contributed by atoms with Crippen LogP contribution in [0.5, 0.6) is 0 Å². The van der Waals surface area contributed by atoms with E-state index in [1.807, 2.05) is 24.3 Å². The van der Waals surface area contributed by atoms with Gasteiger partial charge in [0.05, 0.1) is 6.04 Å². The summed E-state index contributed by atoms with van der Waals surface area (Å²) in [4.78, 5) is 16.9. The zero-order valence-electron chi connectivity index (χ0n) is 19.0. The second kappa shape index (κ2) is 9.99.